The molecule has 0 saturated heterocycles. The van der Waals surface area contributed by atoms with Gasteiger partial charge in [0.1, 0.15) is 0 Å². The molecule has 0 atom stereocenters. The maximum atomic E-state index is 13.7. The molecule has 3 nitrogen and oxygen atoms in total. The number of benzene rings is 1. The van der Waals surface area contributed by atoms with Crippen LogP contribution in [0.1, 0.15) is 85.0 Å². The highest BCUT2D eigenvalue weighted by Crippen LogP contribution is 2.49. The normalized spacial score (nSPS) is 20.0. The summed E-state index contributed by atoms with van der Waals surface area (Å²) in [5.74, 6) is 0.541. The van der Waals surface area contributed by atoms with E-state index in [1.165, 1.54) is 25.7 Å². The van der Waals surface area contributed by atoms with Crippen LogP contribution in [0.3, 0.4) is 0 Å². The molecule has 1 aromatic rings. The zero-order valence-corrected chi connectivity index (χ0v) is 20.6. The largest absolute Gasteiger partial charge is 0.325 e. The number of hydrogen-bond donors (Lipinski definition) is 1. The van der Waals surface area contributed by atoms with Gasteiger partial charge in [0.15, 0.2) is 5.12 Å². The van der Waals surface area contributed by atoms with Gasteiger partial charge in [-0.3, -0.25) is 9.59 Å². The van der Waals surface area contributed by atoms with Crippen LogP contribution in [-0.2, 0) is 9.59 Å². The molecule has 3 rings (SSSR count). The van der Waals surface area contributed by atoms with E-state index in [1.54, 1.807) is 12.1 Å². The molecule has 2 saturated carbocycles. The molecule has 1 N–H and O–H groups in total. The third-order valence-corrected chi connectivity index (χ3v) is 8.75. The molecule has 0 spiro atoms. The average molecular weight is 471 g/mol. The van der Waals surface area contributed by atoms with Gasteiger partial charge >= 0.3 is 0 Å². The van der Waals surface area contributed by atoms with Gasteiger partial charge in [-0.1, -0.05) is 82.5 Å². The Hall–Kier alpha value is -0.710. The van der Waals surface area contributed by atoms with Gasteiger partial charge in [0.25, 0.3) is 0 Å². The molecular formula is C24H33Cl2NO2S. The Bertz CT molecular complexity index is 791. The van der Waals surface area contributed by atoms with E-state index in [0.717, 1.165) is 50.3 Å². The molecule has 166 valence electrons. The average Bonchev–Trinajstić information content (AvgIpc) is 2.72. The molecule has 0 aliphatic heterocycles. The molecule has 1 aromatic carbocycles. The van der Waals surface area contributed by atoms with E-state index in [1.807, 2.05) is 20.8 Å². The van der Waals surface area contributed by atoms with E-state index < -0.39 is 5.41 Å². The highest BCUT2D eigenvalue weighted by molar-refractivity contribution is 8.13. The Morgan fingerprint density at radius 1 is 0.967 bits per heavy atom. The maximum absolute atomic E-state index is 13.7. The van der Waals surface area contributed by atoms with Crippen molar-refractivity contribution in [3.05, 3.63) is 22.2 Å². The number of rotatable bonds is 4. The van der Waals surface area contributed by atoms with Gasteiger partial charge in [-0.15, -0.1) is 0 Å². The van der Waals surface area contributed by atoms with E-state index in [2.05, 4.69) is 5.32 Å². The molecule has 2 aliphatic carbocycles. The maximum Gasteiger partial charge on any atom is 0.230 e. The molecule has 1 amide bonds. The molecule has 6 heteroatoms. The number of halogens is 2. The van der Waals surface area contributed by atoms with E-state index >= 15 is 0 Å². The zero-order chi connectivity index (χ0) is 21.9. The summed E-state index contributed by atoms with van der Waals surface area (Å²) in [7, 11) is 0. The molecule has 0 radical (unpaired) electrons. The van der Waals surface area contributed by atoms with Gasteiger partial charge in [0.2, 0.25) is 5.91 Å². The van der Waals surface area contributed by atoms with Crippen LogP contribution in [0.15, 0.2) is 17.0 Å². The first-order valence-corrected chi connectivity index (χ1v) is 12.7. The van der Waals surface area contributed by atoms with Crippen molar-refractivity contribution < 1.29 is 9.59 Å². The summed E-state index contributed by atoms with van der Waals surface area (Å²) in [6.45, 7) is 5.66. The van der Waals surface area contributed by atoms with Crippen LogP contribution < -0.4 is 5.32 Å². The molecule has 0 bridgehead atoms. The monoisotopic (exact) mass is 469 g/mol. The van der Waals surface area contributed by atoms with Gasteiger partial charge in [-0.25, -0.2) is 0 Å². The van der Waals surface area contributed by atoms with Crippen LogP contribution in [0.4, 0.5) is 5.69 Å². The summed E-state index contributed by atoms with van der Waals surface area (Å²) < 4.78 is 0. The van der Waals surface area contributed by atoms with E-state index in [-0.39, 0.29) is 16.4 Å². The highest BCUT2D eigenvalue weighted by Gasteiger charge is 2.46. The fourth-order valence-corrected chi connectivity index (χ4v) is 6.16. The van der Waals surface area contributed by atoms with E-state index in [0.29, 0.717) is 26.5 Å². The molecule has 0 heterocycles. The number of nitrogens with one attached hydrogen (secondary N) is 1. The third kappa shape index (κ3) is 5.37. The second-order valence-electron chi connectivity index (χ2n) is 9.91. The number of carbonyl (C=O) groups excluding carboxylic acids is 2. The minimum Gasteiger partial charge on any atom is -0.325 e. The van der Waals surface area contributed by atoms with Crippen molar-refractivity contribution in [3.63, 3.8) is 0 Å². The second kappa shape index (κ2) is 9.83. The lowest BCUT2D eigenvalue weighted by atomic mass is 9.61. The van der Waals surface area contributed by atoms with Gasteiger partial charge in [-0.05, 0) is 55.5 Å². The SMILES string of the molecule is CC(C)(C)C(=O)Sc1cc(Cl)c(Cl)cc1NC(=O)C1(C2CCCCC2)CCCCC1. The lowest BCUT2D eigenvalue weighted by molar-refractivity contribution is -0.132. The summed E-state index contributed by atoms with van der Waals surface area (Å²) in [6.07, 6.45) is 11.3. The van der Waals surface area contributed by atoms with Gasteiger partial charge in [0.05, 0.1) is 21.1 Å². The highest BCUT2D eigenvalue weighted by atomic mass is 35.5. The Morgan fingerprint density at radius 2 is 1.53 bits per heavy atom. The Morgan fingerprint density at radius 3 is 2.13 bits per heavy atom. The van der Waals surface area contributed by atoms with Gasteiger partial charge in [-0.2, -0.15) is 0 Å². The van der Waals surface area contributed by atoms with Crippen molar-refractivity contribution >= 4 is 51.7 Å². The summed E-state index contributed by atoms with van der Waals surface area (Å²) >= 11 is 13.7. The lowest BCUT2D eigenvalue weighted by Gasteiger charge is -2.44. The minimum absolute atomic E-state index is 0.0241. The van der Waals surface area contributed by atoms with Crippen LogP contribution in [0, 0.1) is 16.7 Å². The summed E-state index contributed by atoms with van der Waals surface area (Å²) in [5, 5.41) is 3.98. The molecule has 2 aliphatic rings. The van der Waals surface area contributed by atoms with Crippen molar-refractivity contribution in [3.8, 4) is 0 Å². The Balaban J connectivity index is 1.90. The third-order valence-electron chi connectivity index (χ3n) is 6.67. The van der Waals surface area contributed by atoms with Crippen LogP contribution >= 0.6 is 35.0 Å². The van der Waals surface area contributed by atoms with Gasteiger partial charge < -0.3 is 5.32 Å². The van der Waals surface area contributed by atoms with E-state index in [4.69, 9.17) is 23.2 Å². The first kappa shape index (κ1) is 23.9. The Labute approximate surface area is 195 Å². The second-order valence-corrected chi connectivity index (χ2v) is 11.7. The fourth-order valence-electron chi connectivity index (χ4n) is 4.87. The first-order chi connectivity index (χ1) is 14.1. The number of thioether (sulfide) groups is 1. The molecule has 2 fully saturated rings. The molecule has 30 heavy (non-hydrogen) atoms. The van der Waals surface area contributed by atoms with Crippen LogP contribution in [0.2, 0.25) is 10.0 Å². The first-order valence-electron chi connectivity index (χ1n) is 11.2. The number of carbonyl (C=O) groups is 2. The smallest absolute Gasteiger partial charge is 0.230 e. The summed E-state index contributed by atoms with van der Waals surface area (Å²) in [5.41, 5.74) is -0.205. The standard InChI is InChI=1S/C24H33Cl2NO2S/c1-23(2,3)22(29)30-20-15-18(26)17(25)14-19(20)27-21(28)24(12-8-5-9-13-24)16-10-6-4-7-11-16/h14-16H,4-13H2,1-3H3,(H,27,28). The fraction of sp³-hybridized carbons (Fsp3) is 0.667. The van der Waals surface area contributed by atoms with Crippen molar-refractivity contribution in [2.45, 2.75) is 89.9 Å². The minimum atomic E-state index is -0.495. The van der Waals surface area contributed by atoms with Crippen molar-refractivity contribution in [1.82, 2.24) is 0 Å². The van der Waals surface area contributed by atoms with E-state index in [9.17, 15) is 9.59 Å². The number of anilines is 1. The van der Waals surface area contributed by atoms with Crippen LogP contribution in [0.5, 0.6) is 0 Å². The van der Waals surface area contributed by atoms with Crippen molar-refractivity contribution in [2.75, 3.05) is 5.32 Å². The summed E-state index contributed by atoms with van der Waals surface area (Å²) in [4.78, 5) is 27.1. The number of amides is 1. The molecule has 0 unspecified atom stereocenters. The molecular weight excluding hydrogens is 437 g/mol. The predicted octanol–water partition coefficient (Wildman–Crippen LogP) is 8.13. The lowest BCUT2D eigenvalue weighted by Crippen LogP contribution is -2.44. The van der Waals surface area contributed by atoms with Crippen molar-refractivity contribution in [2.24, 2.45) is 16.7 Å². The quantitative estimate of drug-likeness (QED) is 0.452. The predicted molar refractivity (Wildman–Crippen MR) is 128 cm³/mol. The van der Waals surface area contributed by atoms with Crippen molar-refractivity contribution in [1.29, 1.82) is 0 Å². The topological polar surface area (TPSA) is 46.2 Å². The van der Waals surface area contributed by atoms with Crippen LogP contribution in [0.25, 0.3) is 0 Å². The molecule has 0 aromatic heterocycles. The zero-order valence-electron chi connectivity index (χ0n) is 18.3. The van der Waals surface area contributed by atoms with Crippen LogP contribution in [-0.4, -0.2) is 11.0 Å². The Kier molecular flexibility index (Phi) is 7.85. The van der Waals surface area contributed by atoms with Gasteiger partial charge in [0, 0.05) is 10.3 Å². The number of hydrogen-bond acceptors (Lipinski definition) is 3. The summed E-state index contributed by atoms with van der Waals surface area (Å²) in [6, 6.07) is 3.39.